The maximum Gasteiger partial charge on any atom is 0.303 e. The lowest BCUT2D eigenvalue weighted by atomic mass is 10.2. The molecule has 0 aliphatic heterocycles. The van der Waals surface area contributed by atoms with E-state index in [1.807, 2.05) is 0 Å². The molecule has 96 valence electrons. The van der Waals surface area contributed by atoms with Crippen LogP contribution in [0.2, 0.25) is 0 Å². The predicted octanol–water partition coefficient (Wildman–Crippen LogP) is 0.175. The van der Waals surface area contributed by atoms with Crippen molar-refractivity contribution in [3.05, 3.63) is 12.4 Å². The van der Waals surface area contributed by atoms with E-state index in [0.29, 0.717) is 13.0 Å². The van der Waals surface area contributed by atoms with Crippen molar-refractivity contribution in [1.29, 1.82) is 0 Å². The maximum absolute atomic E-state index is 11.0. The number of hydrogen-bond donors (Lipinski definition) is 2. The minimum atomic E-state index is -3.69. The van der Waals surface area contributed by atoms with Crippen molar-refractivity contribution < 1.29 is 18.3 Å². The van der Waals surface area contributed by atoms with Crippen molar-refractivity contribution in [3.63, 3.8) is 0 Å². The topological polar surface area (TPSA) is 115 Å². The molecular formula is C9H15N3O4S. The average Bonchev–Trinajstić information content (AvgIpc) is 2.64. The molecule has 1 aromatic rings. The Labute approximate surface area is 99.3 Å². The van der Waals surface area contributed by atoms with Gasteiger partial charge in [0.25, 0.3) is 0 Å². The van der Waals surface area contributed by atoms with E-state index in [0.717, 1.165) is 12.8 Å². The summed E-state index contributed by atoms with van der Waals surface area (Å²) < 4.78 is 23.4. The van der Waals surface area contributed by atoms with Crippen LogP contribution in [0.3, 0.4) is 0 Å². The van der Waals surface area contributed by atoms with E-state index in [9.17, 15) is 13.2 Å². The highest BCUT2D eigenvalue weighted by molar-refractivity contribution is 7.89. The quantitative estimate of drug-likeness (QED) is 0.679. The van der Waals surface area contributed by atoms with Gasteiger partial charge in [0.1, 0.15) is 4.90 Å². The first-order valence-corrected chi connectivity index (χ1v) is 6.71. The van der Waals surface area contributed by atoms with Crippen LogP contribution in [0.25, 0.3) is 0 Å². The predicted molar refractivity (Wildman–Crippen MR) is 59.7 cm³/mol. The smallest absolute Gasteiger partial charge is 0.303 e. The first kappa shape index (κ1) is 13.7. The summed E-state index contributed by atoms with van der Waals surface area (Å²) in [5, 5.41) is 17.2. The summed E-state index contributed by atoms with van der Waals surface area (Å²) in [6.45, 7) is 0.551. The van der Waals surface area contributed by atoms with Gasteiger partial charge in [0.15, 0.2) is 0 Å². The van der Waals surface area contributed by atoms with Crippen LogP contribution in [-0.4, -0.2) is 29.3 Å². The van der Waals surface area contributed by atoms with Crippen LogP contribution in [0.15, 0.2) is 17.3 Å². The molecule has 0 spiro atoms. The van der Waals surface area contributed by atoms with Gasteiger partial charge in [-0.1, -0.05) is 6.42 Å². The van der Waals surface area contributed by atoms with Crippen LogP contribution < -0.4 is 5.14 Å². The molecule has 0 aliphatic carbocycles. The molecule has 0 amide bonds. The maximum atomic E-state index is 11.0. The molecule has 1 heterocycles. The molecule has 1 rings (SSSR count). The van der Waals surface area contributed by atoms with Gasteiger partial charge in [-0.05, 0) is 12.8 Å². The zero-order valence-electron chi connectivity index (χ0n) is 9.24. The van der Waals surface area contributed by atoms with Crippen molar-refractivity contribution >= 4 is 16.0 Å². The number of aromatic nitrogens is 2. The molecule has 0 saturated carbocycles. The first-order valence-electron chi connectivity index (χ1n) is 5.16. The van der Waals surface area contributed by atoms with Gasteiger partial charge in [0.05, 0.1) is 6.20 Å². The Kier molecular flexibility index (Phi) is 4.64. The van der Waals surface area contributed by atoms with E-state index in [4.69, 9.17) is 10.2 Å². The Bertz CT molecular complexity index is 480. The summed E-state index contributed by atoms with van der Waals surface area (Å²) in [4.78, 5) is 10.2. The van der Waals surface area contributed by atoms with Crippen LogP contribution in [0.4, 0.5) is 0 Å². The van der Waals surface area contributed by atoms with Crippen LogP contribution >= 0.6 is 0 Å². The van der Waals surface area contributed by atoms with E-state index in [-0.39, 0.29) is 11.3 Å². The number of carboxylic acid groups (broad SMARTS) is 1. The van der Waals surface area contributed by atoms with Gasteiger partial charge in [0.2, 0.25) is 10.0 Å². The van der Waals surface area contributed by atoms with Crippen molar-refractivity contribution in [2.24, 2.45) is 5.14 Å². The second-order valence-corrected chi connectivity index (χ2v) is 5.25. The van der Waals surface area contributed by atoms with Gasteiger partial charge in [-0.15, -0.1) is 0 Å². The van der Waals surface area contributed by atoms with E-state index in [2.05, 4.69) is 5.10 Å². The number of rotatable bonds is 7. The number of sulfonamides is 1. The highest BCUT2D eigenvalue weighted by Crippen LogP contribution is 2.06. The highest BCUT2D eigenvalue weighted by atomic mass is 32.2. The molecule has 3 N–H and O–H groups in total. The fraction of sp³-hybridized carbons (Fsp3) is 0.556. The molecule has 0 saturated heterocycles. The summed E-state index contributed by atoms with van der Waals surface area (Å²) in [5.74, 6) is -0.805. The molecule has 0 fully saturated rings. The van der Waals surface area contributed by atoms with E-state index in [1.54, 1.807) is 0 Å². The Hall–Kier alpha value is -1.41. The van der Waals surface area contributed by atoms with Gasteiger partial charge in [-0.25, -0.2) is 13.6 Å². The number of carboxylic acids is 1. The number of hydrogen-bond acceptors (Lipinski definition) is 4. The molecular weight excluding hydrogens is 246 g/mol. The highest BCUT2D eigenvalue weighted by Gasteiger charge is 2.10. The van der Waals surface area contributed by atoms with Crippen molar-refractivity contribution in [2.75, 3.05) is 0 Å². The summed E-state index contributed by atoms with van der Waals surface area (Å²) in [7, 11) is -3.69. The number of unbranched alkanes of at least 4 members (excludes halogenated alkanes) is 2. The van der Waals surface area contributed by atoms with E-state index in [1.165, 1.54) is 17.1 Å². The van der Waals surface area contributed by atoms with Crippen molar-refractivity contribution in [2.45, 2.75) is 37.1 Å². The zero-order valence-corrected chi connectivity index (χ0v) is 10.1. The lowest BCUT2D eigenvalue weighted by Crippen LogP contribution is -2.11. The van der Waals surface area contributed by atoms with Crippen LogP contribution in [0.5, 0.6) is 0 Å². The van der Waals surface area contributed by atoms with Gasteiger partial charge < -0.3 is 5.11 Å². The van der Waals surface area contributed by atoms with Crippen LogP contribution in [0, 0.1) is 0 Å². The summed E-state index contributed by atoms with van der Waals surface area (Å²) in [5.41, 5.74) is 0. The number of nitrogens with two attached hydrogens (primary N) is 1. The van der Waals surface area contributed by atoms with Gasteiger partial charge in [-0.3, -0.25) is 9.48 Å². The third kappa shape index (κ3) is 4.96. The molecule has 1 aromatic heterocycles. The molecule has 0 aliphatic rings. The van der Waals surface area contributed by atoms with Gasteiger partial charge in [0, 0.05) is 19.2 Å². The van der Waals surface area contributed by atoms with Crippen LogP contribution in [0.1, 0.15) is 25.7 Å². The molecule has 8 heteroatoms. The number of carbonyl (C=O) groups is 1. The Balaban J connectivity index is 2.33. The third-order valence-corrected chi connectivity index (χ3v) is 3.08. The van der Waals surface area contributed by atoms with E-state index >= 15 is 0 Å². The molecule has 0 radical (unpaired) electrons. The second kappa shape index (κ2) is 5.78. The number of aliphatic carboxylic acids is 1. The summed E-state index contributed by atoms with van der Waals surface area (Å²) in [6, 6.07) is 0. The normalized spacial score (nSPS) is 11.6. The monoisotopic (exact) mass is 261 g/mol. The lowest BCUT2D eigenvalue weighted by Gasteiger charge is -2.00. The molecule has 0 bridgehead atoms. The fourth-order valence-corrected chi connectivity index (χ4v) is 1.80. The molecule has 0 unspecified atom stereocenters. The Morgan fingerprint density at radius 1 is 1.41 bits per heavy atom. The number of nitrogens with zero attached hydrogens (tertiary/aromatic N) is 2. The molecule has 0 aromatic carbocycles. The van der Waals surface area contributed by atoms with Crippen LogP contribution in [-0.2, 0) is 21.4 Å². The fourth-order valence-electron chi connectivity index (χ4n) is 1.34. The van der Waals surface area contributed by atoms with Crippen molar-refractivity contribution in [1.82, 2.24) is 9.78 Å². The first-order chi connectivity index (χ1) is 7.89. The van der Waals surface area contributed by atoms with Gasteiger partial charge in [-0.2, -0.15) is 5.10 Å². The average molecular weight is 261 g/mol. The minimum Gasteiger partial charge on any atom is -0.481 e. The van der Waals surface area contributed by atoms with Crippen molar-refractivity contribution in [3.8, 4) is 0 Å². The van der Waals surface area contributed by atoms with Gasteiger partial charge >= 0.3 is 5.97 Å². The largest absolute Gasteiger partial charge is 0.481 e. The number of aryl methyl sites for hydroxylation is 1. The van der Waals surface area contributed by atoms with E-state index < -0.39 is 16.0 Å². The Morgan fingerprint density at radius 3 is 2.65 bits per heavy atom. The summed E-state index contributed by atoms with van der Waals surface area (Å²) in [6.07, 6.45) is 4.84. The lowest BCUT2D eigenvalue weighted by molar-refractivity contribution is -0.137. The minimum absolute atomic E-state index is 0.0111. The SMILES string of the molecule is NS(=O)(=O)c1cnn(CCCCCC(=O)O)c1. The molecule has 17 heavy (non-hydrogen) atoms. The third-order valence-electron chi connectivity index (χ3n) is 2.22. The Morgan fingerprint density at radius 2 is 2.12 bits per heavy atom. The standard InChI is InChI=1S/C9H15N3O4S/c10-17(15,16)8-6-11-12(7-8)5-3-1-2-4-9(13)14/h6-7H,1-5H2,(H,13,14)(H2,10,15,16). The summed E-state index contributed by atoms with van der Waals surface area (Å²) >= 11 is 0. The second-order valence-electron chi connectivity index (χ2n) is 3.69. The number of primary sulfonamides is 1. The molecule has 7 nitrogen and oxygen atoms in total. The molecule has 0 atom stereocenters. The zero-order chi connectivity index (χ0) is 12.9.